The van der Waals surface area contributed by atoms with Crippen molar-refractivity contribution in [3.8, 4) is 5.75 Å². The Hall–Kier alpha value is -1.88. The molecule has 0 bridgehead atoms. The van der Waals surface area contributed by atoms with Gasteiger partial charge in [0.1, 0.15) is 5.75 Å². The summed E-state index contributed by atoms with van der Waals surface area (Å²) in [6.07, 6.45) is 0. The summed E-state index contributed by atoms with van der Waals surface area (Å²) in [5.41, 5.74) is 6.87. The molecule has 1 aromatic heterocycles. The highest BCUT2D eigenvalue weighted by Crippen LogP contribution is 2.24. The Bertz CT molecular complexity index is 535. The molecular formula is C14H19N3O2. The van der Waals surface area contributed by atoms with Crippen LogP contribution in [0.5, 0.6) is 5.75 Å². The van der Waals surface area contributed by atoms with Gasteiger partial charge in [-0.05, 0) is 13.0 Å². The van der Waals surface area contributed by atoms with Crippen LogP contribution in [0.25, 0.3) is 0 Å². The van der Waals surface area contributed by atoms with E-state index < -0.39 is 0 Å². The van der Waals surface area contributed by atoms with Crippen molar-refractivity contribution in [1.82, 2.24) is 10.1 Å². The van der Waals surface area contributed by atoms with Crippen molar-refractivity contribution in [3.63, 3.8) is 0 Å². The molecule has 5 heteroatoms. The lowest BCUT2D eigenvalue weighted by atomic mass is 10.1. The number of hydrogen-bond donors (Lipinski definition) is 1. The van der Waals surface area contributed by atoms with Crippen molar-refractivity contribution in [2.24, 2.45) is 5.73 Å². The normalized spacial score (nSPS) is 12.7. The first-order chi connectivity index (χ1) is 9.08. The van der Waals surface area contributed by atoms with Crippen LogP contribution >= 0.6 is 0 Å². The number of ether oxygens (including phenoxy) is 1. The van der Waals surface area contributed by atoms with E-state index in [4.69, 9.17) is 15.0 Å². The first-order valence-corrected chi connectivity index (χ1v) is 6.37. The molecule has 0 aliphatic carbocycles. The quantitative estimate of drug-likeness (QED) is 0.895. The highest BCUT2D eigenvalue weighted by Gasteiger charge is 2.12. The van der Waals surface area contributed by atoms with Crippen molar-refractivity contribution in [2.45, 2.75) is 39.3 Å². The molecule has 0 unspecified atom stereocenters. The molecule has 0 amide bonds. The van der Waals surface area contributed by atoms with Crippen LogP contribution in [0.1, 0.15) is 50.0 Å². The molecular weight excluding hydrogens is 242 g/mol. The van der Waals surface area contributed by atoms with Gasteiger partial charge in [-0.15, -0.1) is 0 Å². The second-order valence-electron chi connectivity index (χ2n) is 4.82. The van der Waals surface area contributed by atoms with E-state index >= 15 is 0 Å². The summed E-state index contributed by atoms with van der Waals surface area (Å²) in [7, 11) is 0. The molecule has 5 nitrogen and oxygen atoms in total. The standard InChI is InChI=1S/C14H19N3O2/c1-9(2)14-16-13(17-19-14)8-18-12-7-5-4-6-11(12)10(3)15/h4-7,9-10H,8,15H2,1-3H3/t10-/m1/s1. The zero-order valence-corrected chi connectivity index (χ0v) is 11.5. The first-order valence-electron chi connectivity index (χ1n) is 6.37. The van der Waals surface area contributed by atoms with Gasteiger partial charge >= 0.3 is 0 Å². The van der Waals surface area contributed by atoms with E-state index in [1.54, 1.807) is 0 Å². The van der Waals surface area contributed by atoms with Gasteiger partial charge in [0.25, 0.3) is 0 Å². The summed E-state index contributed by atoms with van der Waals surface area (Å²) in [6, 6.07) is 7.62. The molecule has 0 saturated heterocycles. The summed E-state index contributed by atoms with van der Waals surface area (Å²) in [4.78, 5) is 4.27. The number of rotatable bonds is 5. The summed E-state index contributed by atoms with van der Waals surface area (Å²) in [5, 5.41) is 3.88. The van der Waals surface area contributed by atoms with E-state index in [0.29, 0.717) is 11.7 Å². The molecule has 2 N–H and O–H groups in total. The van der Waals surface area contributed by atoms with Gasteiger partial charge in [0.2, 0.25) is 11.7 Å². The molecule has 0 fully saturated rings. The fourth-order valence-electron chi connectivity index (χ4n) is 1.69. The lowest BCUT2D eigenvalue weighted by Gasteiger charge is -2.12. The highest BCUT2D eigenvalue weighted by atomic mass is 16.5. The van der Waals surface area contributed by atoms with E-state index in [2.05, 4.69) is 10.1 Å². The zero-order valence-electron chi connectivity index (χ0n) is 11.5. The van der Waals surface area contributed by atoms with Gasteiger partial charge in [-0.3, -0.25) is 0 Å². The molecule has 2 aromatic rings. The van der Waals surface area contributed by atoms with E-state index in [0.717, 1.165) is 11.3 Å². The maximum Gasteiger partial charge on any atom is 0.229 e. The van der Waals surface area contributed by atoms with Crippen LogP contribution in [0.15, 0.2) is 28.8 Å². The average Bonchev–Trinajstić information content (AvgIpc) is 2.85. The molecule has 0 aliphatic rings. The van der Waals surface area contributed by atoms with Crippen molar-refractivity contribution < 1.29 is 9.26 Å². The van der Waals surface area contributed by atoms with Gasteiger partial charge in [-0.2, -0.15) is 4.98 Å². The van der Waals surface area contributed by atoms with Gasteiger partial charge < -0.3 is 15.0 Å². The van der Waals surface area contributed by atoms with Crippen LogP contribution in [-0.2, 0) is 6.61 Å². The minimum absolute atomic E-state index is 0.0762. The maximum absolute atomic E-state index is 5.90. The van der Waals surface area contributed by atoms with E-state index in [9.17, 15) is 0 Å². The highest BCUT2D eigenvalue weighted by molar-refractivity contribution is 5.35. The summed E-state index contributed by atoms with van der Waals surface area (Å²) in [5.74, 6) is 2.15. The second kappa shape index (κ2) is 5.84. The Morgan fingerprint density at radius 1 is 1.26 bits per heavy atom. The van der Waals surface area contributed by atoms with Crippen LogP contribution in [0, 0.1) is 0 Å². The summed E-state index contributed by atoms with van der Waals surface area (Å²) >= 11 is 0. The Labute approximate surface area is 112 Å². The van der Waals surface area contributed by atoms with Crippen molar-refractivity contribution in [1.29, 1.82) is 0 Å². The Balaban J connectivity index is 2.06. The fraction of sp³-hybridized carbons (Fsp3) is 0.429. The Kier molecular flexibility index (Phi) is 4.16. The fourth-order valence-corrected chi connectivity index (χ4v) is 1.69. The predicted octanol–water partition coefficient (Wildman–Crippen LogP) is 2.79. The van der Waals surface area contributed by atoms with Gasteiger partial charge in [0.15, 0.2) is 6.61 Å². The van der Waals surface area contributed by atoms with E-state index in [1.165, 1.54) is 0 Å². The molecule has 0 saturated carbocycles. The first kappa shape index (κ1) is 13.5. The maximum atomic E-state index is 5.90. The van der Waals surface area contributed by atoms with Crippen LogP contribution in [0.2, 0.25) is 0 Å². The van der Waals surface area contributed by atoms with Crippen molar-refractivity contribution in [2.75, 3.05) is 0 Å². The Morgan fingerprint density at radius 3 is 2.63 bits per heavy atom. The van der Waals surface area contributed by atoms with E-state index in [-0.39, 0.29) is 18.6 Å². The number of aromatic nitrogens is 2. The molecule has 1 heterocycles. The topological polar surface area (TPSA) is 74.2 Å². The smallest absolute Gasteiger partial charge is 0.229 e. The number of nitrogens with two attached hydrogens (primary N) is 1. The molecule has 1 atom stereocenters. The number of nitrogens with zero attached hydrogens (tertiary/aromatic N) is 2. The lowest BCUT2D eigenvalue weighted by Crippen LogP contribution is -2.08. The van der Waals surface area contributed by atoms with Crippen molar-refractivity contribution in [3.05, 3.63) is 41.5 Å². The summed E-state index contributed by atoms with van der Waals surface area (Å²) in [6.45, 7) is 6.21. The van der Waals surface area contributed by atoms with Crippen LogP contribution in [-0.4, -0.2) is 10.1 Å². The third-order valence-electron chi connectivity index (χ3n) is 2.74. The largest absolute Gasteiger partial charge is 0.485 e. The molecule has 0 spiro atoms. The van der Waals surface area contributed by atoms with Crippen LogP contribution in [0.4, 0.5) is 0 Å². The van der Waals surface area contributed by atoms with Crippen molar-refractivity contribution >= 4 is 0 Å². The second-order valence-corrected chi connectivity index (χ2v) is 4.82. The lowest BCUT2D eigenvalue weighted by molar-refractivity contribution is 0.281. The minimum atomic E-state index is -0.0762. The average molecular weight is 261 g/mol. The van der Waals surface area contributed by atoms with Gasteiger partial charge in [0, 0.05) is 17.5 Å². The summed E-state index contributed by atoms with van der Waals surface area (Å²) < 4.78 is 10.8. The predicted molar refractivity (Wildman–Crippen MR) is 71.8 cm³/mol. The zero-order chi connectivity index (χ0) is 13.8. The molecule has 1 aromatic carbocycles. The Morgan fingerprint density at radius 2 is 2.00 bits per heavy atom. The van der Waals surface area contributed by atoms with Gasteiger partial charge in [-0.25, -0.2) is 0 Å². The number of para-hydroxylation sites is 1. The molecule has 0 radical (unpaired) electrons. The SMILES string of the molecule is CC(C)c1nc(COc2ccccc2[C@@H](C)N)no1. The van der Waals surface area contributed by atoms with E-state index in [1.807, 2.05) is 45.0 Å². The molecule has 102 valence electrons. The molecule has 19 heavy (non-hydrogen) atoms. The monoisotopic (exact) mass is 261 g/mol. The van der Waals surface area contributed by atoms with Crippen LogP contribution in [0.3, 0.4) is 0 Å². The van der Waals surface area contributed by atoms with Gasteiger partial charge in [0.05, 0.1) is 0 Å². The molecule has 0 aliphatic heterocycles. The van der Waals surface area contributed by atoms with Gasteiger partial charge in [-0.1, -0.05) is 37.2 Å². The number of benzene rings is 1. The number of hydrogen-bond acceptors (Lipinski definition) is 5. The minimum Gasteiger partial charge on any atom is -0.485 e. The molecule has 2 rings (SSSR count). The third-order valence-corrected chi connectivity index (χ3v) is 2.74. The third kappa shape index (κ3) is 3.32. The van der Waals surface area contributed by atoms with Crippen LogP contribution < -0.4 is 10.5 Å².